The highest BCUT2D eigenvalue weighted by molar-refractivity contribution is 7.99. The largest absolute Gasteiger partial charge is 0.337 e. The number of hydrogen-bond acceptors (Lipinski definition) is 2. The van der Waals surface area contributed by atoms with Crippen LogP contribution in [0, 0.1) is 4.77 Å². The van der Waals surface area contributed by atoms with E-state index >= 15 is 0 Å². The number of hydrogen-bond donors (Lipinski definition) is 1. The first-order valence-electron chi connectivity index (χ1n) is 5.11. The van der Waals surface area contributed by atoms with E-state index in [0.717, 1.165) is 10.0 Å². The molecule has 0 radical (unpaired) electrons. The van der Waals surface area contributed by atoms with Crippen molar-refractivity contribution in [3.8, 4) is 0 Å². The zero-order valence-corrected chi connectivity index (χ0v) is 10.0. The summed E-state index contributed by atoms with van der Waals surface area (Å²) < 4.78 is 3.10. The van der Waals surface area contributed by atoms with Gasteiger partial charge in [-0.25, -0.2) is 0 Å². The van der Waals surface area contributed by atoms with E-state index < -0.39 is 0 Å². The minimum absolute atomic E-state index is 0.609. The number of thioether (sulfide) groups is 1. The van der Waals surface area contributed by atoms with Crippen LogP contribution in [-0.2, 0) is 0 Å². The van der Waals surface area contributed by atoms with Gasteiger partial charge >= 0.3 is 0 Å². The summed E-state index contributed by atoms with van der Waals surface area (Å²) in [5, 5.41) is 0.742. The molecule has 0 amide bonds. The number of nitrogens with one attached hydrogen (secondary N) is 1. The van der Waals surface area contributed by atoms with Crippen molar-refractivity contribution in [3.05, 3.63) is 17.2 Å². The zero-order valence-electron chi connectivity index (χ0n) is 8.40. The highest BCUT2D eigenvalue weighted by atomic mass is 32.2. The number of aromatic amines is 1. The smallest absolute Gasteiger partial charge is 0.177 e. The molecule has 0 bridgehead atoms. The van der Waals surface area contributed by atoms with Gasteiger partial charge in [-0.3, -0.25) is 0 Å². The Balaban J connectivity index is 2.23. The van der Waals surface area contributed by atoms with Gasteiger partial charge in [0.1, 0.15) is 0 Å². The van der Waals surface area contributed by atoms with E-state index in [9.17, 15) is 0 Å². The molecule has 1 fully saturated rings. The SMILES string of the molecule is CSC1CCCCC1n1cc[nH]c1=S. The van der Waals surface area contributed by atoms with Crippen molar-refractivity contribution in [2.75, 3.05) is 6.26 Å². The van der Waals surface area contributed by atoms with Gasteiger partial charge in [-0.15, -0.1) is 0 Å². The molecule has 1 aromatic rings. The molecule has 2 atom stereocenters. The summed E-state index contributed by atoms with van der Waals surface area (Å²) in [6.45, 7) is 0. The van der Waals surface area contributed by atoms with Crippen LogP contribution in [0.5, 0.6) is 0 Å². The number of rotatable bonds is 2. The third kappa shape index (κ3) is 1.91. The van der Waals surface area contributed by atoms with Crippen molar-refractivity contribution in [1.29, 1.82) is 0 Å². The molecule has 1 aromatic heterocycles. The van der Waals surface area contributed by atoms with E-state index in [4.69, 9.17) is 12.2 Å². The zero-order chi connectivity index (χ0) is 9.97. The lowest BCUT2D eigenvalue weighted by Crippen LogP contribution is -2.24. The molecule has 1 saturated carbocycles. The topological polar surface area (TPSA) is 20.7 Å². The van der Waals surface area contributed by atoms with E-state index in [-0.39, 0.29) is 0 Å². The minimum atomic E-state index is 0.609. The lowest BCUT2D eigenvalue weighted by Gasteiger charge is -2.31. The van der Waals surface area contributed by atoms with Crippen LogP contribution in [0.25, 0.3) is 0 Å². The first-order valence-corrected chi connectivity index (χ1v) is 6.81. The van der Waals surface area contributed by atoms with Crippen LogP contribution >= 0.6 is 24.0 Å². The summed E-state index contributed by atoms with van der Waals surface area (Å²) in [5.41, 5.74) is 0. The molecule has 2 nitrogen and oxygen atoms in total. The van der Waals surface area contributed by atoms with Gasteiger partial charge in [-0.1, -0.05) is 12.8 Å². The Kier molecular flexibility index (Phi) is 3.34. The molecule has 0 saturated heterocycles. The Morgan fingerprint density at radius 1 is 1.50 bits per heavy atom. The molecule has 14 heavy (non-hydrogen) atoms. The second-order valence-corrected chi connectivity index (χ2v) is 5.26. The quantitative estimate of drug-likeness (QED) is 0.783. The summed E-state index contributed by atoms with van der Waals surface area (Å²) in [4.78, 5) is 3.08. The average Bonchev–Trinajstić information content (AvgIpc) is 2.64. The van der Waals surface area contributed by atoms with Crippen LogP contribution in [-0.4, -0.2) is 21.1 Å². The fourth-order valence-electron chi connectivity index (χ4n) is 2.26. The lowest BCUT2D eigenvalue weighted by atomic mass is 9.95. The van der Waals surface area contributed by atoms with Gasteiger partial charge in [-0.2, -0.15) is 11.8 Å². The average molecular weight is 228 g/mol. The van der Waals surface area contributed by atoms with Crippen molar-refractivity contribution in [1.82, 2.24) is 9.55 Å². The van der Waals surface area contributed by atoms with Gasteiger partial charge in [0.15, 0.2) is 4.77 Å². The molecular weight excluding hydrogens is 212 g/mol. The summed E-state index contributed by atoms with van der Waals surface area (Å²) in [5.74, 6) is 0. The first kappa shape index (κ1) is 10.3. The van der Waals surface area contributed by atoms with Gasteiger partial charge in [-0.05, 0) is 31.3 Å². The van der Waals surface area contributed by atoms with Crippen molar-refractivity contribution < 1.29 is 0 Å². The van der Waals surface area contributed by atoms with Crippen molar-refractivity contribution in [2.45, 2.75) is 37.0 Å². The normalized spacial score (nSPS) is 27.8. The van der Waals surface area contributed by atoms with Crippen LogP contribution in [0.3, 0.4) is 0 Å². The van der Waals surface area contributed by atoms with Gasteiger partial charge in [0, 0.05) is 23.7 Å². The monoisotopic (exact) mass is 228 g/mol. The van der Waals surface area contributed by atoms with Crippen LogP contribution in [0.1, 0.15) is 31.7 Å². The molecule has 4 heteroatoms. The Bertz CT molecular complexity index is 342. The van der Waals surface area contributed by atoms with Crippen molar-refractivity contribution >= 4 is 24.0 Å². The lowest BCUT2D eigenvalue weighted by molar-refractivity contribution is 0.362. The van der Waals surface area contributed by atoms with Crippen LogP contribution < -0.4 is 0 Å². The van der Waals surface area contributed by atoms with Crippen molar-refractivity contribution in [2.24, 2.45) is 0 Å². The molecule has 1 heterocycles. The number of nitrogens with zero attached hydrogens (tertiary/aromatic N) is 1. The van der Waals surface area contributed by atoms with E-state index in [1.807, 2.05) is 18.0 Å². The molecule has 1 N–H and O–H groups in total. The van der Waals surface area contributed by atoms with Gasteiger partial charge in [0.25, 0.3) is 0 Å². The van der Waals surface area contributed by atoms with E-state index in [1.54, 1.807) is 0 Å². The predicted octanol–water partition coefficient (Wildman–Crippen LogP) is 3.39. The van der Waals surface area contributed by atoms with Gasteiger partial charge < -0.3 is 9.55 Å². The van der Waals surface area contributed by atoms with Gasteiger partial charge in [0.2, 0.25) is 0 Å². The third-order valence-corrected chi connectivity index (χ3v) is 4.49. The molecular formula is C10H16N2S2. The summed E-state index contributed by atoms with van der Waals surface area (Å²) >= 11 is 7.24. The van der Waals surface area contributed by atoms with E-state index in [1.165, 1.54) is 25.7 Å². The molecule has 2 rings (SSSR count). The Morgan fingerprint density at radius 2 is 2.29 bits per heavy atom. The fraction of sp³-hybridized carbons (Fsp3) is 0.700. The second-order valence-electron chi connectivity index (χ2n) is 3.80. The molecule has 0 aliphatic heterocycles. The fourth-order valence-corrected chi connectivity index (χ4v) is 3.51. The Morgan fingerprint density at radius 3 is 2.93 bits per heavy atom. The number of imidazole rings is 1. The summed E-state index contributed by atoms with van der Waals surface area (Å²) in [6, 6.07) is 0.609. The summed E-state index contributed by atoms with van der Waals surface area (Å²) in [6.07, 6.45) is 11.6. The third-order valence-electron chi connectivity index (χ3n) is 3.00. The van der Waals surface area contributed by atoms with Crippen LogP contribution in [0.4, 0.5) is 0 Å². The highest BCUT2D eigenvalue weighted by Gasteiger charge is 2.25. The minimum Gasteiger partial charge on any atom is -0.337 e. The van der Waals surface area contributed by atoms with E-state index in [0.29, 0.717) is 6.04 Å². The predicted molar refractivity (Wildman–Crippen MR) is 64.4 cm³/mol. The Hall–Kier alpha value is -0.220. The molecule has 0 spiro atoms. The first-order chi connectivity index (χ1) is 6.83. The molecule has 1 aliphatic rings. The number of aromatic nitrogens is 2. The van der Waals surface area contributed by atoms with Crippen molar-refractivity contribution in [3.63, 3.8) is 0 Å². The maximum absolute atomic E-state index is 5.27. The standard InChI is InChI=1S/C10H16N2S2/c1-14-9-5-3-2-4-8(9)12-7-6-11-10(12)13/h6-9H,2-5H2,1H3,(H,11,13). The van der Waals surface area contributed by atoms with E-state index in [2.05, 4.69) is 22.0 Å². The maximum atomic E-state index is 5.27. The maximum Gasteiger partial charge on any atom is 0.177 e. The Labute approximate surface area is 94.1 Å². The molecule has 2 unspecified atom stereocenters. The van der Waals surface area contributed by atoms with Crippen LogP contribution in [0.2, 0.25) is 0 Å². The molecule has 78 valence electrons. The molecule has 1 aliphatic carbocycles. The molecule has 0 aromatic carbocycles. The number of H-pyrrole nitrogens is 1. The van der Waals surface area contributed by atoms with Gasteiger partial charge in [0.05, 0.1) is 0 Å². The van der Waals surface area contributed by atoms with Crippen LogP contribution in [0.15, 0.2) is 12.4 Å². The highest BCUT2D eigenvalue weighted by Crippen LogP contribution is 2.35. The second kappa shape index (κ2) is 4.53. The summed E-state index contributed by atoms with van der Waals surface area (Å²) in [7, 11) is 0.